The summed E-state index contributed by atoms with van der Waals surface area (Å²) in [6.45, 7) is 0.178. The van der Waals surface area contributed by atoms with Crippen LogP contribution in [0.4, 0.5) is 0 Å². The van der Waals surface area contributed by atoms with Crippen molar-refractivity contribution < 1.29 is 70.9 Å². The van der Waals surface area contributed by atoms with E-state index in [1.54, 1.807) is 42.5 Å². The summed E-state index contributed by atoms with van der Waals surface area (Å²) in [6, 6.07) is 11.4. The van der Waals surface area contributed by atoms with Crippen molar-refractivity contribution in [3.63, 3.8) is 0 Å². The summed E-state index contributed by atoms with van der Waals surface area (Å²) in [7, 11) is -5.24. The Balaban J connectivity index is 0.00000196. The quantitative estimate of drug-likeness (QED) is 0.295. The molecule has 0 saturated carbocycles. The summed E-state index contributed by atoms with van der Waals surface area (Å²) in [4.78, 5) is 33.7. The molecule has 0 N–H and O–H groups in total. The van der Waals surface area contributed by atoms with Crippen LogP contribution in [-0.4, -0.2) is 12.6 Å². The van der Waals surface area contributed by atoms with Crippen LogP contribution >= 0.6 is 7.82 Å². The van der Waals surface area contributed by atoms with Crippen LogP contribution < -0.4 is 56.8 Å². The number of rotatable bonds is 2. The zero-order valence-corrected chi connectivity index (χ0v) is 16.5. The van der Waals surface area contributed by atoms with Crippen molar-refractivity contribution in [2.75, 3.05) is 6.61 Å². The van der Waals surface area contributed by atoms with Crippen LogP contribution in [0.3, 0.4) is 0 Å². The van der Waals surface area contributed by atoms with Gasteiger partial charge < -0.3 is 28.3 Å². The predicted molar refractivity (Wildman–Crippen MR) is 89.5 cm³/mol. The van der Waals surface area contributed by atoms with Crippen molar-refractivity contribution in [2.45, 2.75) is 12.8 Å². The van der Waals surface area contributed by atoms with Crippen LogP contribution in [0.2, 0.25) is 0 Å². The Morgan fingerprint density at radius 2 is 1.71 bits per heavy atom. The van der Waals surface area contributed by atoms with Crippen molar-refractivity contribution in [3.8, 4) is 17.2 Å². The van der Waals surface area contributed by atoms with Crippen LogP contribution in [0.25, 0.3) is 6.08 Å². The molecule has 0 unspecified atom stereocenters. The fourth-order valence-electron chi connectivity index (χ4n) is 2.40. The van der Waals surface area contributed by atoms with Crippen molar-refractivity contribution in [1.82, 2.24) is 0 Å². The van der Waals surface area contributed by atoms with Gasteiger partial charge in [0, 0.05) is 6.42 Å². The minimum atomic E-state index is -5.24. The molecule has 2 aliphatic heterocycles. The van der Waals surface area contributed by atoms with E-state index < -0.39 is 7.82 Å². The molecule has 0 radical (unpaired) electrons. The summed E-state index contributed by atoms with van der Waals surface area (Å²) in [5.41, 5.74) is 1.58. The summed E-state index contributed by atoms with van der Waals surface area (Å²) < 4.78 is 26.2. The fourth-order valence-corrected chi connectivity index (χ4v) is 2.79. The Bertz CT molecular complexity index is 878. The third kappa shape index (κ3) is 7.55. The van der Waals surface area contributed by atoms with Crippen molar-refractivity contribution in [1.29, 1.82) is 0 Å². The van der Waals surface area contributed by atoms with Gasteiger partial charge in [-0.15, -0.1) is 0 Å². The molecule has 0 atom stereocenters. The number of hydrogen-bond donors (Lipinski definition) is 0. The first-order chi connectivity index (χ1) is 12.4. The van der Waals surface area contributed by atoms with E-state index >= 15 is 0 Å². The number of hydrogen-bond acceptors (Lipinski definition) is 7. The van der Waals surface area contributed by atoms with Gasteiger partial charge in [-0.1, -0.05) is 24.3 Å². The second kappa shape index (κ2) is 11.0. The zero-order chi connectivity index (χ0) is 18.6. The average molecular weight is 388 g/mol. The SMILES string of the molecule is O=C1CCc2ccc(OP(=O)([O-])[O-])c(c2)Oc2ccc(cc2)/C=C\CO1.[Li+].[Li+]. The van der Waals surface area contributed by atoms with E-state index in [4.69, 9.17) is 9.47 Å². The predicted octanol–water partition coefficient (Wildman–Crippen LogP) is -3.80. The molecule has 28 heavy (non-hydrogen) atoms. The number of carbonyl (C=O) groups excluding carboxylic acids is 1. The van der Waals surface area contributed by atoms with Gasteiger partial charge >= 0.3 is 43.7 Å². The molecule has 2 aromatic rings. The molecule has 0 saturated heterocycles. The Hall–Kier alpha value is -1.41. The maximum Gasteiger partial charge on any atom is 1.00 e. The molecule has 2 heterocycles. The van der Waals surface area contributed by atoms with Gasteiger partial charge in [0.25, 0.3) is 0 Å². The van der Waals surface area contributed by atoms with Crippen molar-refractivity contribution in [2.24, 2.45) is 0 Å². The van der Waals surface area contributed by atoms with Crippen LogP contribution in [0, 0.1) is 0 Å². The van der Waals surface area contributed by atoms with E-state index in [2.05, 4.69) is 4.52 Å². The average Bonchev–Trinajstić information content (AvgIpc) is 2.59. The van der Waals surface area contributed by atoms with Gasteiger partial charge in [0.1, 0.15) is 20.2 Å². The van der Waals surface area contributed by atoms with Gasteiger partial charge in [-0.2, -0.15) is 0 Å². The van der Waals surface area contributed by atoms with Crippen molar-refractivity contribution in [3.05, 3.63) is 59.7 Å². The van der Waals surface area contributed by atoms with Crippen molar-refractivity contribution >= 4 is 19.9 Å². The first kappa shape index (κ1) is 24.6. The standard InChI is InChI=1S/C18H17O7P.2Li/c19-18-10-6-14-5-9-16(25-26(20,21)22)17(12-14)24-15-7-3-13(4-8-15)2-1-11-23-18;;/h1-5,7-9,12H,6,10-11H2,(H2,20,21,22);;/q;2*+1/p-2/b2-1-;;. The van der Waals surface area contributed by atoms with Gasteiger partial charge in [-0.3, -0.25) is 4.79 Å². The molecule has 2 aliphatic rings. The number of carbonyl (C=O) groups is 1. The molecule has 4 rings (SSSR count). The molecule has 0 aliphatic carbocycles. The fraction of sp³-hybridized carbons (Fsp3) is 0.167. The molecule has 0 amide bonds. The number of ether oxygens (including phenoxy) is 2. The van der Waals surface area contributed by atoms with E-state index in [1.807, 2.05) is 0 Å². The number of benzene rings is 2. The van der Waals surface area contributed by atoms with Gasteiger partial charge in [-0.25, -0.2) is 0 Å². The van der Waals surface area contributed by atoms with Crippen LogP contribution in [-0.2, 0) is 20.5 Å². The summed E-state index contributed by atoms with van der Waals surface area (Å²) >= 11 is 0. The number of fused-ring (bicyclic) bond motifs is 7. The van der Waals surface area contributed by atoms with E-state index in [9.17, 15) is 19.1 Å². The number of aryl methyl sites for hydroxylation is 1. The third-order valence-corrected chi connectivity index (χ3v) is 4.02. The summed E-state index contributed by atoms with van der Waals surface area (Å²) in [5, 5.41) is 0. The maximum absolute atomic E-state index is 11.8. The van der Waals surface area contributed by atoms with E-state index in [0.29, 0.717) is 17.7 Å². The second-order valence-corrected chi connectivity index (χ2v) is 6.65. The third-order valence-electron chi connectivity index (χ3n) is 3.59. The maximum atomic E-state index is 11.8. The molecule has 0 aromatic heterocycles. The molecule has 10 heteroatoms. The molecular formula is C18H15Li2O7P. The molecular weight excluding hydrogens is 373 g/mol. The smallest absolute Gasteiger partial charge is 0.780 e. The van der Waals surface area contributed by atoms with Gasteiger partial charge in [0.05, 0.1) is 0 Å². The Labute approximate surface area is 186 Å². The van der Waals surface area contributed by atoms with E-state index in [-0.39, 0.29) is 68.2 Å². The van der Waals surface area contributed by atoms with Crippen LogP contribution in [0.15, 0.2) is 48.5 Å². The van der Waals surface area contributed by atoms with Gasteiger partial charge in [0.2, 0.25) is 0 Å². The molecule has 7 nitrogen and oxygen atoms in total. The monoisotopic (exact) mass is 388 g/mol. The largest absolute Gasteiger partial charge is 1.00 e. The van der Waals surface area contributed by atoms with Crippen LogP contribution in [0.1, 0.15) is 17.5 Å². The van der Waals surface area contributed by atoms with Gasteiger partial charge in [-0.05, 0) is 47.9 Å². The number of phosphoric ester groups is 1. The minimum absolute atomic E-state index is 0. The Morgan fingerprint density at radius 3 is 2.39 bits per heavy atom. The van der Waals surface area contributed by atoms with E-state index in [0.717, 1.165) is 5.56 Å². The molecule has 136 valence electrons. The topological polar surface area (TPSA) is 108 Å². The normalized spacial score (nSPS) is 14.9. The first-order valence-electron chi connectivity index (χ1n) is 7.84. The molecule has 0 fully saturated rings. The van der Waals surface area contributed by atoms with Crippen LogP contribution in [0.5, 0.6) is 17.2 Å². The van der Waals surface area contributed by atoms with E-state index in [1.165, 1.54) is 12.1 Å². The zero-order valence-electron chi connectivity index (χ0n) is 15.6. The first-order valence-corrected chi connectivity index (χ1v) is 9.30. The summed E-state index contributed by atoms with van der Waals surface area (Å²) in [5.74, 6) is -0.0532. The Kier molecular flexibility index (Phi) is 9.64. The minimum Gasteiger partial charge on any atom is -0.780 e. The number of phosphoric acid groups is 1. The Morgan fingerprint density at radius 1 is 1.00 bits per heavy atom. The molecule has 4 bridgehead atoms. The summed E-state index contributed by atoms with van der Waals surface area (Å²) in [6.07, 6.45) is 4.05. The number of esters is 1. The molecule has 2 aromatic carbocycles. The second-order valence-electron chi connectivity index (χ2n) is 5.58. The molecule has 0 spiro atoms. The van der Waals surface area contributed by atoms with Gasteiger partial charge in [0.15, 0.2) is 11.5 Å².